The average molecular weight is 221 g/mol. The molecule has 1 atom stereocenters. The van der Waals surface area contributed by atoms with Gasteiger partial charge in [-0.15, -0.1) is 0 Å². The van der Waals surface area contributed by atoms with Gasteiger partial charge < -0.3 is 4.74 Å². The highest BCUT2D eigenvalue weighted by Gasteiger charge is 2.16. The molecule has 0 fully saturated rings. The maximum Gasteiger partial charge on any atom is 0.180 e. The Balaban J connectivity index is 0.000000509. The molecule has 2 rings (SSSR count). The van der Waals surface area contributed by atoms with Crippen LogP contribution in [0.4, 0.5) is 0 Å². The Hall–Kier alpha value is -1.31. The second-order valence-corrected chi connectivity index (χ2v) is 2.89. The number of hydrogen-bond donors (Lipinski definition) is 0. The van der Waals surface area contributed by atoms with Gasteiger partial charge in [0, 0.05) is 6.92 Å². The molecule has 0 N–H and O–H groups in total. The Morgan fingerprint density at radius 3 is 2.06 bits per heavy atom. The second-order valence-electron chi connectivity index (χ2n) is 2.89. The van der Waals surface area contributed by atoms with E-state index in [4.69, 9.17) is 4.74 Å². The quantitative estimate of drug-likeness (QED) is 0.695. The van der Waals surface area contributed by atoms with Gasteiger partial charge in [-0.2, -0.15) is 0 Å². The predicted molar refractivity (Wildman–Crippen MR) is 70.9 cm³/mol. The lowest BCUT2D eigenvalue weighted by molar-refractivity contribution is 0.317. The molecular weight excluding hydrogens is 198 g/mol. The van der Waals surface area contributed by atoms with Crippen molar-refractivity contribution in [2.75, 3.05) is 6.61 Å². The lowest BCUT2D eigenvalue weighted by Gasteiger charge is -2.03. The largest absolute Gasteiger partial charge is 0.479 e. The highest BCUT2D eigenvalue weighted by atomic mass is 16.5. The molecule has 1 aromatic rings. The van der Waals surface area contributed by atoms with E-state index in [2.05, 4.69) is 17.1 Å². The molecule has 1 heterocycles. The molecule has 1 aromatic carbocycles. The number of benzene rings is 1. The first-order valence-electron chi connectivity index (χ1n) is 6.08. The van der Waals surface area contributed by atoms with Crippen LogP contribution in [0.2, 0.25) is 0 Å². The van der Waals surface area contributed by atoms with Crippen LogP contribution in [-0.2, 0) is 4.74 Å². The monoisotopic (exact) mass is 221 g/mol. The maximum atomic E-state index is 5.27. The number of rotatable bonds is 1. The van der Waals surface area contributed by atoms with E-state index in [1.807, 2.05) is 52.8 Å². The lowest BCUT2D eigenvalue weighted by atomic mass is 10.1. The van der Waals surface area contributed by atoms with Crippen LogP contribution in [0.15, 0.2) is 35.3 Å². The van der Waals surface area contributed by atoms with Crippen molar-refractivity contribution in [2.24, 2.45) is 4.99 Å². The van der Waals surface area contributed by atoms with Crippen LogP contribution in [0.3, 0.4) is 0 Å². The number of nitrogens with zero attached hydrogens (tertiary/aromatic N) is 1. The van der Waals surface area contributed by atoms with Crippen molar-refractivity contribution < 1.29 is 4.74 Å². The van der Waals surface area contributed by atoms with Gasteiger partial charge in [0.1, 0.15) is 12.6 Å². The summed E-state index contributed by atoms with van der Waals surface area (Å²) in [6, 6.07) is 10.4. The molecule has 0 bridgehead atoms. The highest BCUT2D eigenvalue weighted by Crippen LogP contribution is 2.21. The zero-order chi connectivity index (χ0) is 12.4. The summed E-state index contributed by atoms with van der Waals surface area (Å²) in [6.45, 7) is 10.6. The molecule has 1 aliphatic rings. The minimum Gasteiger partial charge on any atom is -0.479 e. The van der Waals surface area contributed by atoms with Gasteiger partial charge in [-0.1, -0.05) is 58.0 Å². The molecule has 1 aliphatic heterocycles. The van der Waals surface area contributed by atoms with Gasteiger partial charge in [0.05, 0.1) is 0 Å². The summed E-state index contributed by atoms with van der Waals surface area (Å²) in [7, 11) is 0. The van der Waals surface area contributed by atoms with Crippen molar-refractivity contribution in [1.82, 2.24) is 0 Å². The third-order valence-electron chi connectivity index (χ3n) is 1.97. The van der Waals surface area contributed by atoms with Gasteiger partial charge in [-0.25, -0.2) is 4.99 Å². The fourth-order valence-corrected chi connectivity index (χ4v) is 1.34. The first kappa shape index (κ1) is 14.7. The Bertz CT molecular complexity index is 293. The average Bonchev–Trinajstić information content (AvgIpc) is 2.82. The van der Waals surface area contributed by atoms with E-state index in [0.29, 0.717) is 6.61 Å². The van der Waals surface area contributed by atoms with E-state index in [0.717, 1.165) is 5.90 Å². The highest BCUT2D eigenvalue weighted by molar-refractivity contribution is 5.74. The van der Waals surface area contributed by atoms with Gasteiger partial charge in [0.25, 0.3) is 0 Å². The summed E-state index contributed by atoms with van der Waals surface area (Å²) in [5, 5.41) is 0. The van der Waals surface area contributed by atoms with Crippen LogP contribution >= 0.6 is 0 Å². The normalized spacial score (nSPS) is 17.1. The van der Waals surface area contributed by atoms with Crippen molar-refractivity contribution in [2.45, 2.75) is 40.7 Å². The summed E-state index contributed by atoms with van der Waals surface area (Å²) in [5.74, 6) is 0.795. The molecule has 0 saturated carbocycles. The van der Waals surface area contributed by atoms with E-state index in [-0.39, 0.29) is 6.04 Å². The van der Waals surface area contributed by atoms with Crippen LogP contribution in [0.25, 0.3) is 0 Å². The van der Waals surface area contributed by atoms with E-state index in [1.165, 1.54) is 5.56 Å². The minimum atomic E-state index is 0.214. The van der Waals surface area contributed by atoms with E-state index < -0.39 is 0 Å². The first-order valence-corrected chi connectivity index (χ1v) is 6.08. The molecule has 0 saturated heterocycles. The minimum absolute atomic E-state index is 0.214. The van der Waals surface area contributed by atoms with E-state index in [9.17, 15) is 0 Å². The number of aliphatic imine (C=N–C) groups is 1. The standard InChI is InChI=1S/C10H11NO.2C2H6/c1-8-11-10(7-12-8)9-5-3-2-4-6-9;2*1-2/h2-6,10H,7H2,1H3;2*1-2H3. The van der Waals surface area contributed by atoms with E-state index >= 15 is 0 Å². The van der Waals surface area contributed by atoms with Crippen LogP contribution < -0.4 is 0 Å². The molecule has 0 amide bonds. The SMILES string of the molecule is CC.CC.CC1=NC(c2ccccc2)CO1. The molecule has 0 aromatic heterocycles. The lowest BCUT2D eigenvalue weighted by Crippen LogP contribution is -1.96. The van der Waals surface area contributed by atoms with Crippen molar-refractivity contribution in [1.29, 1.82) is 0 Å². The summed E-state index contributed by atoms with van der Waals surface area (Å²) >= 11 is 0. The Morgan fingerprint density at radius 2 is 1.62 bits per heavy atom. The van der Waals surface area contributed by atoms with Crippen molar-refractivity contribution in [3.05, 3.63) is 35.9 Å². The Labute approximate surface area is 99.4 Å². The summed E-state index contributed by atoms with van der Waals surface area (Å²) in [4.78, 5) is 4.35. The molecule has 16 heavy (non-hydrogen) atoms. The molecule has 2 heteroatoms. The smallest absolute Gasteiger partial charge is 0.180 e. The van der Waals surface area contributed by atoms with Gasteiger partial charge in [-0.05, 0) is 5.56 Å². The predicted octanol–water partition coefficient (Wildman–Crippen LogP) is 4.23. The van der Waals surface area contributed by atoms with Crippen molar-refractivity contribution in [3.8, 4) is 0 Å². The number of ether oxygens (including phenoxy) is 1. The molecule has 2 nitrogen and oxygen atoms in total. The zero-order valence-electron chi connectivity index (χ0n) is 11.0. The third-order valence-corrected chi connectivity index (χ3v) is 1.97. The topological polar surface area (TPSA) is 21.6 Å². The molecule has 90 valence electrons. The molecule has 0 spiro atoms. The maximum absolute atomic E-state index is 5.27. The molecule has 0 radical (unpaired) electrons. The molecule has 0 aliphatic carbocycles. The number of hydrogen-bond acceptors (Lipinski definition) is 2. The molecule has 1 unspecified atom stereocenters. The van der Waals surface area contributed by atoms with Gasteiger partial charge in [0.15, 0.2) is 5.90 Å². The fraction of sp³-hybridized carbons (Fsp3) is 0.500. The first-order chi connectivity index (χ1) is 7.86. The fourth-order valence-electron chi connectivity index (χ4n) is 1.34. The Kier molecular flexibility index (Phi) is 8.22. The Morgan fingerprint density at radius 1 is 1.06 bits per heavy atom. The van der Waals surface area contributed by atoms with Crippen LogP contribution in [-0.4, -0.2) is 12.5 Å². The van der Waals surface area contributed by atoms with Crippen molar-refractivity contribution in [3.63, 3.8) is 0 Å². The van der Waals surface area contributed by atoms with Gasteiger partial charge in [-0.3, -0.25) is 0 Å². The van der Waals surface area contributed by atoms with Crippen LogP contribution in [0.5, 0.6) is 0 Å². The van der Waals surface area contributed by atoms with Gasteiger partial charge in [0.2, 0.25) is 0 Å². The van der Waals surface area contributed by atoms with Gasteiger partial charge >= 0.3 is 0 Å². The van der Waals surface area contributed by atoms with Crippen molar-refractivity contribution >= 4 is 5.90 Å². The third kappa shape index (κ3) is 4.47. The summed E-state index contributed by atoms with van der Waals surface area (Å²) in [5.41, 5.74) is 1.23. The summed E-state index contributed by atoms with van der Waals surface area (Å²) in [6.07, 6.45) is 0. The molecular formula is C14H23NO. The van der Waals surface area contributed by atoms with Crippen LogP contribution in [0, 0.1) is 0 Å². The zero-order valence-corrected chi connectivity index (χ0v) is 11.0. The second kappa shape index (κ2) is 8.96. The van der Waals surface area contributed by atoms with Crippen LogP contribution in [0.1, 0.15) is 46.2 Å². The van der Waals surface area contributed by atoms with E-state index in [1.54, 1.807) is 0 Å². The summed E-state index contributed by atoms with van der Waals surface area (Å²) < 4.78 is 5.27.